The quantitative estimate of drug-likeness (QED) is 0.671. The molecule has 0 spiro atoms. The second-order valence-electron chi connectivity index (χ2n) is 3.26. The minimum absolute atomic E-state index is 0.0923. The molecule has 3 N–H and O–H groups in total. The molecule has 0 aliphatic carbocycles. The third-order valence-electron chi connectivity index (χ3n) is 2.01. The first-order valence-electron chi connectivity index (χ1n) is 4.79. The molecule has 2 heterocycles. The molecule has 17 heavy (non-hydrogen) atoms. The van der Waals surface area contributed by atoms with Crippen molar-refractivity contribution in [1.82, 2.24) is 15.3 Å². The fourth-order valence-corrected chi connectivity index (χ4v) is 1.27. The predicted molar refractivity (Wildman–Crippen MR) is 57.6 cm³/mol. The van der Waals surface area contributed by atoms with Crippen molar-refractivity contribution in [3.63, 3.8) is 0 Å². The highest BCUT2D eigenvalue weighted by atomic mass is 16.3. The van der Waals surface area contributed by atoms with Gasteiger partial charge >= 0.3 is 5.69 Å². The largest absolute Gasteiger partial charge is 0.467 e. The first-order chi connectivity index (χ1) is 8.15. The van der Waals surface area contributed by atoms with E-state index in [1.54, 1.807) is 12.1 Å². The molecule has 0 radical (unpaired) electrons. The topological polar surface area (TPSA) is 108 Å². The van der Waals surface area contributed by atoms with Crippen molar-refractivity contribution in [2.24, 2.45) is 0 Å². The molecule has 2 aromatic heterocycles. The lowest BCUT2D eigenvalue weighted by Gasteiger charge is -2.01. The predicted octanol–water partition coefficient (Wildman–Crippen LogP) is -0.414. The smallest absolute Gasteiger partial charge is 0.326 e. The van der Waals surface area contributed by atoms with Crippen molar-refractivity contribution in [2.45, 2.75) is 6.54 Å². The summed E-state index contributed by atoms with van der Waals surface area (Å²) in [5.41, 5.74) is -1.44. The number of rotatable bonds is 3. The summed E-state index contributed by atoms with van der Waals surface area (Å²) in [4.78, 5) is 37.7. The fourth-order valence-electron chi connectivity index (χ4n) is 1.27. The van der Waals surface area contributed by atoms with Gasteiger partial charge in [-0.25, -0.2) is 4.79 Å². The van der Waals surface area contributed by atoms with Crippen LogP contribution in [-0.2, 0) is 6.54 Å². The van der Waals surface area contributed by atoms with Crippen molar-refractivity contribution in [1.29, 1.82) is 0 Å². The third kappa shape index (κ3) is 2.71. The molecule has 0 bridgehead atoms. The van der Waals surface area contributed by atoms with E-state index in [1.165, 1.54) is 6.26 Å². The van der Waals surface area contributed by atoms with Crippen molar-refractivity contribution < 1.29 is 9.21 Å². The van der Waals surface area contributed by atoms with Crippen LogP contribution in [0.4, 0.5) is 0 Å². The highest BCUT2D eigenvalue weighted by Crippen LogP contribution is 1.99. The number of furan rings is 1. The molecule has 88 valence electrons. The Bertz CT molecular complexity index is 595. The maximum atomic E-state index is 11.6. The van der Waals surface area contributed by atoms with Crippen LogP contribution in [0, 0.1) is 0 Å². The third-order valence-corrected chi connectivity index (χ3v) is 2.01. The van der Waals surface area contributed by atoms with Crippen LogP contribution in [0.2, 0.25) is 0 Å². The molecule has 0 aliphatic heterocycles. The van der Waals surface area contributed by atoms with Crippen molar-refractivity contribution in [3.05, 3.63) is 56.8 Å². The Labute approximate surface area is 94.5 Å². The second kappa shape index (κ2) is 4.52. The van der Waals surface area contributed by atoms with Gasteiger partial charge in [-0.05, 0) is 12.1 Å². The lowest BCUT2D eigenvalue weighted by Crippen LogP contribution is -2.30. The molecule has 0 saturated heterocycles. The summed E-state index contributed by atoms with van der Waals surface area (Å²) in [6.07, 6.45) is 1.48. The highest BCUT2D eigenvalue weighted by Gasteiger charge is 2.08. The molecule has 2 aromatic rings. The van der Waals surface area contributed by atoms with E-state index in [0.29, 0.717) is 5.76 Å². The van der Waals surface area contributed by atoms with E-state index < -0.39 is 17.2 Å². The van der Waals surface area contributed by atoms with E-state index >= 15 is 0 Å². The van der Waals surface area contributed by atoms with Crippen LogP contribution in [-0.4, -0.2) is 15.9 Å². The van der Waals surface area contributed by atoms with Crippen molar-refractivity contribution in [2.75, 3.05) is 0 Å². The summed E-state index contributed by atoms with van der Waals surface area (Å²) in [5, 5.41) is 2.50. The monoisotopic (exact) mass is 235 g/mol. The SMILES string of the molecule is O=C(NCc1ccco1)c1cc(=O)[nH]c(=O)[nH]1. The summed E-state index contributed by atoms with van der Waals surface area (Å²) in [6.45, 7) is 0.181. The second-order valence-corrected chi connectivity index (χ2v) is 3.26. The lowest BCUT2D eigenvalue weighted by atomic mass is 10.3. The molecule has 0 atom stereocenters. The number of H-pyrrole nitrogens is 2. The molecule has 0 saturated carbocycles. The van der Waals surface area contributed by atoms with Crippen molar-refractivity contribution >= 4 is 5.91 Å². The Morgan fingerprint density at radius 1 is 1.35 bits per heavy atom. The number of carbonyl (C=O) groups excluding carboxylic acids is 1. The van der Waals surface area contributed by atoms with E-state index in [0.717, 1.165) is 6.07 Å². The number of hydrogen-bond acceptors (Lipinski definition) is 4. The molecular formula is C10H9N3O4. The maximum Gasteiger partial charge on any atom is 0.326 e. The Morgan fingerprint density at radius 2 is 2.18 bits per heavy atom. The van der Waals surface area contributed by atoms with Gasteiger partial charge in [-0.1, -0.05) is 0 Å². The van der Waals surface area contributed by atoms with Crippen LogP contribution in [0.3, 0.4) is 0 Å². The van der Waals surface area contributed by atoms with Gasteiger partial charge in [0.05, 0.1) is 12.8 Å². The Kier molecular flexibility index (Phi) is 2.91. The van der Waals surface area contributed by atoms with Crippen LogP contribution in [0.25, 0.3) is 0 Å². The molecule has 7 nitrogen and oxygen atoms in total. The van der Waals surface area contributed by atoms with E-state index in [9.17, 15) is 14.4 Å². The first kappa shape index (κ1) is 10.9. The highest BCUT2D eigenvalue weighted by molar-refractivity contribution is 5.91. The van der Waals surface area contributed by atoms with Gasteiger partial charge in [-0.3, -0.25) is 14.6 Å². The van der Waals surface area contributed by atoms with E-state index in [1.807, 2.05) is 4.98 Å². The molecule has 0 aromatic carbocycles. The molecule has 7 heteroatoms. The van der Waals surface area contributed by atoms with Crippen molar-refractivity contribution in [3.8, 4) is 0 Å². The van der Waals surface area contributed by atoms with Crippen LogP contribution in [0.15, 0.2) is 38.5 Å². The number of aromatic nitrogens is 2. The van der Waals surface area contributed by atoms with Crippen LogP contribution in [0.5, 0.6) is 0 Å². The Morgan fingerprint density at radius 3 is 2.82 bits per heavy atom. The number of nitrogens with one attached hydrogen (secondary N) is 3. The zero-order chi connectivity index (χ0) is 12.3. The van der Waals surface area contributed by atoms with Crippen LogP contribution < -0.4 is 16.6 Å². The molecule has 1 amide bonds. The standard InChI is InChI=1S/C10H9N3O4/c14-8-4-7(12-10(16)13-8)9(15)11-5-6-2-1-3-17-6/h1-4H,5H2,(H,11,15)(H2,12,13,14,16). The van der Waals surface area contributed by atoms with Gasteiger partial charge in [0.1, 0.15) is 11.5 Å². The minimum Gasteiger partial charge on any atom is -0.467 e. The fraction of sp³-hybridized carbons (Fsp3) is 0.100. The summed E-state index contributed by atoms with van der Waals surface area (Å²) >= 11 is 0. The number of amides is 1. The lowest BCUT2D eigenvalue weighted by molar-refractivity contribution is 0.0942. The molecule has 0 unspecified atom stereocenters. The molecular weight excluding hydrogens is 226 g/mol. The van der Waals surface area contributed by atoms with Gasteiger partial charge < -0.3 is 14.7 Å². The van der Waals surface area contributed by atoms with Gasteiger partial charge in [0.15, 0.2) is 0 Å². The van der Waals surface area contributed by atoms with Gasteiger partial charge in [-0.15, -0.1) is 0 Å². The summed E-state index contributed by atoms with van der Waals surface area (Å²) in [5.74, 6) is 0.0233. The van der Waals surface area contributed by atoms with E-state index in [-0.39, 0.29) is 12.2 Å². The maximum absolute atomic E-state index is 11.6. The summed E-state index contributed by atoms with van der Waals surface area (Å²) in [6, 6.07) is 4.40. The zero-order valence-corrected chi connectivity index (χ0v) is 8.65. The van der Waals surface area contributed by atoms with E-state index in [2.05, 4.69) is 10.3 Å². The van der Waals surface area contributed by atoms with Gasteiger partial charge in [0.25, 0.3) is 11.5 Å². The first-order valence-corrected chi connectivity index (χ1v) is 4.79. The average molecular weight is 235 g/mol. The number of aromatic amines is 2. The molecule has 0 fully saturated rings. The average Bonchev–Trinajstić information content (AvgIpc) is 2.77. The van der Waals surface area contributed by atoms with Gasteiger partial charge in [0, 0.05) is 6.07 Å². The Balaban J connectivity index is 2.09. The molecule has 0 aliphatic rings. The minimum atomic E-state index is -0.722. The normalized spacial score (nSPS) is 10.1. The number of carbonyl (C=O) groups is 1. The van der Waals surface area contributed by atoms with Gasteiger partial charge in [-0.2, -0.15) is 0 Å². The van der Waals surface area contributed by atoms with Gasteiger partial charge in [0.2, 0.25) is 0 Å². The summed E-state index contributed by atoms with van der Waals surface area (Å²) < 4.78 is 5.01. The number of hydrogen-bond donors (Lipinski definition) is 3. The summed E-state index contributed by atoms with van der Waals surface area (Å²) in [7, 11) is 0. The molecule has 2 rings (SSSR count). The zero-order valence-electron chi connectivity index (χ0n) is 8.65. The van der Waals surface area contributed by atoms with Crippen LogP contribution in [0.1, 0.15) is 16.2 Å². The van der Waals surface area contributed by atoms with Crippen LogP contribution >= 0.6 is 0 Å². The Hall–Kier alpha value is -2.57. The van der Waals surface area contributed by atoms with E-state index in [4.69, 9.17) is 4.42 Å².